The number of rotatable bonds is 6. The van der Waals surface area contributed by atoms with E-state index in [-0.39, 0.29) is 16.8 Å². The molecule has 1 amide bonds. The van der Waals surface area contributed by atoms with Crippen LogP contribution in [0, 0.1) is 16.0 Å². The summed E-state index contributed by atoms with van der Waals surface area (Å²) in [5.41, 5.74) is 0. The third-order valence-electron chi connectivity index (χ3n) is 2.32. The summed E-state index contributed by atoms with van der Waals surface area (Å²) in [7, 11) is 0. The van der Waals surface area contributed by atoms with Gasteiger partial charge < -0.3 is 10.6 Å². The van der Waals surface area contributed by atoms with Gasteiger partial charge in [0.2, 0.25) is 5.91 Å². The maximum Gasteiger partial charge on any atom is 0.345 e. The molecule has 2 N–H and O–H groups in total. The maximum absolute atomic E-state index is 11.3. The van der Waals surface area contributed by atoms with Gasteiger partial charge in [0.1, 0.15) is 6.20 Å². The van der Waals surface area contributed by atoms with Crippen LogP contribution in [0.25, 0.3) is 0 Å². The molecule has 0 unspecified atom stereocenters. The summed E-state index contributed by atoms with van der Waals surface area (Å²) >= 11 is 0.984. The molecule has 0 saturated heterocycles. The fraction of sp³-hybridized carbons (Fsp3) is 0.556. The lowest BCUT2D eigenvalue weighted by atomic mass is 10.4. The first-order valence-corrected chi connectivity index (χ1v) is 6.10. The van der Waals surface area contributed by atoms with Gasteiger partial charge in [0.25, 0.3) is 0 Å². The van der Waals surface area contributed by atoms with Gasteiger partial charge >= 0.3 is 5.00 Å². The number of anilines is 1. The van der Waals surface area contributed by atoms with Crippen molar-refractivity contribution in [1.82, 2.24) is 10.3 Å². The van der Waals surface area contributed by atoms with Gasteiger partial charge in [-0.3, -0.25) is 14.9 Å². The van der Waals surface area contributed by atoms with Crippen molar-refractivity contribution in [3.63, 3.8) is 0 Å². The average molecular weight is 256 g/mol. The molecule has 1 heterocycles. The van der Waals surface area contributed by atoms with Gasteiger partial charge in [-0.15, -0.1) is 0 Å². The summed E-state index contributed by atoms with van der Waals surface area (Å²) in [6.07, 6.45) is 3.19. The zero-order chi connectivity index (χ0) is 12.3. The monoisotopic (exact) mass is 256 g/mol. The summed E-state index contributed by atoms with van der Waals surface area (Å²) in [5.74, 6) is 0.299. The predicted octanol–water partition coefficient (Wildman–Crippen LogP) is 0.989. The normalized spacial score (nSPS) is 14.4. The molecular formula is C9H12N4O3S. The predicted molar refractivity (Wildman–Crippen MR) is 63.0 cm³/mol. The molecule has 0 aromatic carbocycles. The molecule has 92 valence electrons. The number of thiazole rings is 1. The van der Waals surface area contributed by atoms with Crippen molar-refractivity contribution in [2.24, 2.45) is 5.92 Å². The van der Waals surface area contributed by atoms with Crippen molar-refractivity contribution in [3.8, 4) is 0 Å². The largest absolute Gasteiger partial charge is 0.360 e. The van der Waals surface area contributed by atoms with E-state index < -0.39 is 4.92 Å². The number of carbonyl (C=O) groups excluding carboxylic acids is 1. The number of hydrogen-bond donors (Lipinski definition) is 2. The van der Waals surface area contributed by atoms with Crippen LogP contribution in [0.1, 0.15) is 12.8 Å². The molecule has 1 saturated carbocycles. The van der Waals surface area contributed by atoms with Crippen molar-refractivity contribution in [3.05, 3.63) is 16.3 Å². The highest BCUT2D eigenvalue weighted by atomic mass is 32.1. The summed E-state index contributed by atoms with van der Waals surface area (Å²) in [5, 5.41) is 16.6. The van der Waals surface area contributed by atoms with Crippen LogP contribution in [-0.4, -0.2) is 28.9 Å². The molecule has 2 rings (SSSR count). The lowest BCUT2D eigenvalue weighted by Crippen LogP contribution is -2.29. The first-order chi connectivity index (χ1) is 8.16. The third-order valence-corrected chi connectivity index (χ3v) is 3.23. The van der Waals surface area contributed by atoms with E-state index in [4.69, 9.17) is 0 Å². The number of nitro groups is 1. The molecule has 7 nitrogen and oxygen atoms in total. The number of amides is 1. The molecule has 0 atom stereocenters. The second kappa shape index (κ2) is 5.09. The Hall–Kier alpha value is -1.70. The zero-order valence-electron chi connectivity index (χ0n) is 9.01. The molecule has 1 aliphatic carbocycles. The first kappa shape index (κ1) is 11.8. The minimum Gasteiger partial charge on any atom is -0.360 e. The molecule has 0 radical (unpaired) electrons. The maximum atomic E-state index is 11.3. The highest BCUT2D eigenvalue weighted by molar-refractivity contribution is 7.18. The van der Waals surface area contributed by atoms with Crippen molar-refractivity contribution in [2.75, 3.05) is 18.4 Å². The van der Waals surface area contributed by atoms with Crippen LogP contribution in [-0.2, 0) is 4.79 Å². The first-order valence-electron chi connectivity index (χ1n) is 5.28. The van der Waals surface area contributed by atoms with Crippen LogP contribution in [0.3, 0.4) is 0 Å². The summed E-state index contributed by atoms with van der Waals surface area (Å²) in [6.45, 7) is 1.02. The highest BCUT2D eigenvalue weighted by Gasteiger charge is 2.28. The van der Waals surface area contributed by atoms with Crippen molar-refractivity contribution in [1.29, 1.82) is 0 Å². The van der Waals surface area contributed by atoms with E-state index in [1.165, 1.54) is 6.20 Å². The van der Waals surface area contributed by atoms with Gasteiger partial charge in [0.15, 0.2) is 5.13 Å². The number of nitrogens with one attached hydrogen (secondary N) is 2. The lowest BCUT2D eigenvalue weighted by molar-refractivity contribution is -0.380. The Morgan fingerprint density at radius 2 is 2.35 bits per heavy atom. The molecule has 0 aliphatic heterocycles. The fourth-order valence-corrected chi connectivity index (χ4v) is 1.93. The van der Waals surface area contributed by atoms with Crippen LogP contribution in [0.4, 0.5) is 10.1 Å². The van der Waals surface area contributed by atoms with Gasteiger partial charge in [-0.2, -0.15) is 0 Å². The molecule has 8 heteroatoms. The van der Waals surface area contributed by atoms with Crippen molar-refractivity contribution in [2.45, 2.75) is 12.8 Å². The average Bonchev–Trinajstić information content (AvgIpc) is 3.03. The Labute approximate surface area is 101 Å². The van der Waals surface area contributed by atoms with E-state index >= 15 is 0 Å². The Bertz CT molecular complexity index is 430. The standard InChI is InChI=1S/C9H12N4O3S/c14-8(6-1-2-6)10-3-4-11-9-12-5-7(17-9)13(15)16/h5-6H,1-4H2,(H,10,14)(H,11,12). The summed E-state index contributed by atoms with van der Waals surface area (Å²) in [4.78, 5) is 25.1. The van der Waals surface area contributed by atoms with Crippen LogP contribution in [0.5, 0.6) is 0 Å². The SMILES string of the molecule is O=C(NCCNc1ncc([N+](=O)[O-])s1)C1CC1. The minimum absolute atomic E-state index is 0.00881. The zero-order valence-corrected chi connectivity index (χ0v) is 9.83. The van der Waals surface area contributed by atoms with Crippen molar-refractivity contribution >= 4 is 27.4 Å². The molecule has 1 aromatic heterocycles. The van der Waals surface area contributed by atoms with Crippen LogP contribution in [0.15, 0.2) is 6.20 Å². The number of carbonyl (C=O) groups is 1. The minimum atomic E-state index is -0.474. The van der Waals surface area contributed by atoms with Crippen molar-refractivity contribution < 1.29 is 9.72 Å². The van der Waals surface area contributed by atoms with E-state index in [9.17, 15) is 14.9 Å². The van der Waals surface area contributed by atoms with Gasteiger partial charge in [0, 0.05) is 19.0 Å². The topological polar surface area (TPSA) is 97.2 Å². The molecule has 1 fully saturated rings. The number of nitrogens with zero attached hydrogens (tertiary/aromatic N) is 2. The number of hydrogen-bond acceptors (Lipinski definition) is 6. The van der Waals surface area contributed by atoms with Gasteiger partial charge in [-0.25, -0.2) is 4.98 Å². The van der Waals surface area contributed by atoms with Gasteiger partial charge in [0.05, 0.1) is 4.92 Å². The molecule has 0 spiro atoms. The van der Waals surface area contributed by atoms with E-state index in [1.807, 2.05) is 0 Å². The second-order valence-corrected chi connectivity index (χ2v) is 4.76. The summed E-state index contributed by atoms with van der Waals surface area (Å²) < 4.78 is 0. The van der Waals surface area contributed by atoms with E-state index in [2.05, 4.69) is 15.6 Å². The number of aromatic nitrogens is 1. The Morgan fingerprint density at radius 1 is 1.59 bits per heavy atom. The van der Waals surface area contributed by atoms with Crippen LogP contribution in [0.2, 0.25) is 0 Å². The Morgan fingerprint density at radius 3 is 2.94 bits per heavy atom. The molecule has 1 aromatic rings. The summed E-state index contributed by atoms with van der Waals surface area (Å²) in [6, 6.07) is 0. The van der Waals surface area contributed by atoms with E-state index in [0.717, 1.165) is 24.2 Å². The molecule has 17 heavy (non-hydrogen) atoms. The van der Waals surface area contributed by atoms with Crippen LogP contribution < -0.4 is 10.6 Å². The quantitative estimate of drug-likeness (QED) is 0.449. The molecular weight excluding hydrogens is 244 g/mol. The fourth-order valence-electron chi connectivity index (χ4n) is 1.28. The Balaban J connectivity index is 1.66. The van der Waals surface area contributed by atoms with Crippen LogP contribution >= 0.6 is 11.3 Å². The smallest absolute Gasteiger partial charge is 0.345 e. The Kier molecular flexibility index (Phi) is 3.52. The molecule has 0 bridgehead atoms. The molecule has 1 aliphatic rings. The van der Waals surface area contributed by atoms with E-state index in [1.54, 1.807) is 0 Å². The third kappa shape index (κ3) is 3.38. The van der Waals surface area contributed by atoms with Gasteiger partial charge in [-0.05, 0) is 24.2 Å². The highest BCUT2D eigenvalue weighted by Crippen LogP contribution is 2.28. The second-order valence-electron chi connectivity index (χ2n) is 3.75. The lowest BCUT2D eigenvalue weighted by Gasteiger charge is -2.04. The van der Waals surface area contributed by atoms with E-state index in [0.29, 0.717) is 18.2 Å². The van der Waals surface area contributed by atoms with Gasteiger partial charge in [-0.1, -0.05) is 0 Å².